The molecular formula is C16H12NaO7+. The summed E-state index contributed by atoms with van der Waals surface area (Å²) >= 11 is 0. The smallest absolute Gasteiger partial charge is 0.508 e. The second-order valence-corrected chi connectivity index (χ2v) is 4.83. The summed E-state index contributed by atoms with van der Waals surface area (Å²) in [6, 6.07) is 6.13. The molecule has 1 aromatic heterocycles. The zero-order valence-electron chi connectivity index (χ0n) is 12.9. The molecule has 8 heteroatoms. The van der Waals surface area contributed by atoms with Gasteiger partial charge in [0.25, 0.3) is 0 Å². The predicted molar refractivity (Wildman–Crippen MR) is 81.1 cm³/mol. The van der Waals surface area contributed by atoms with Gasteiger partial charge >= 0.3 is 29.6 Å². The Kier molecular flexibility index (Phi) is 4.98. The maximum absolute atomic E-state index is 12.4. The molecule has 7 nitrogen and oxygen atoms in total. The molecule has 0 aliphatic heterocycles. The molecule has 0 spiro atoms. The van der Waals surface area contributed by atoms with Gasteiger partial charge in [-0.2, -0.15) is 0 Å². The first-order chi connectivity index (χ1) is 10.9. The SMILES string of the molecule is COc1cc(O)cc2oc(-c3ccc(O)c(O)c3)c(O)c(=O)c12.[Na+]. The van der Waals surface area contributed by atoms with Crippen molar-refractivity contribution in [2.24, 2.45) is 0 Å². The van der Waals surface area contributed by atoms with Gasteiger partial charge < -0.3 is 29.6 Å². The number of methoxy groups -OCH3 is 1. The van der Waals surface area contributed by atoms with Crippen molar-refractivity contribution >= 4 is 11.0 Å². The molecule has 1 heterocycles. The van der Waals surface area contributed by atoms with Crippen LogP contribution in [0.15, 0.2) is 39.5 Å². The van der Waals surface area contributed by atoms with Crippen LogP contribution in [0.1, 0.15) is 0 Å². The van der Waals surface area contributed by atoms with E-state index in [4.69, 9.17) is 9.15 Å². The molecule has 0 atom stereocenters. The molecule has 3 rings (SSSR count). The largest absolute Gasteiger partial charge is 1.00 e. The third-order valence-corrected chi connectivity index (χ3v) is 3.38. The van der Waals surface area contributed by atoms with Gasteiger partial charge in [-0.15, -0.1) is 0 Å². The number of phenolic OH excluding ortho intramolecular Hbond substituents is 3. The summed E-state index contributed by atoms with van der Waals surface area (Å²) < 4.78 is 10.5. The fraction of sp³-hybridized carbons (Fsp3) is 0.0625. The van der Waals surface area contributed by atoms with E-state index < -0.39 is 16.9 Å². The normalized spacial score (nSPS) is 10.4. The van der Waals surface area contributed by atoms with Crippen LogP contribution in [0.4, 0.5) is 0 Å². The average molecular weight is 339 g/mol. The van der Waals surface area contributed by atoms with E-state index in [-0.39, 0.29) is 69.1 Å². The van der Waals surface area contributed by atoms with Gasteiger partial charge in [-0.05, 0) is 18.2 Å². The minimum atomic E-state index is -0.745. The summed E-state index contributed by atoms with van der Waals surface area (Å²) in [6.07, 6.45) is 0. The molecule has 24 heavy (non-hydrogen) atoms. The fourth-order valence-corrected chi connectivity index (χ4v) is 2.28. The van der Waals surface area contributed by atoms with Gasteiger partial charge in [-0.3, -0.25) is 4.79 Å². The molecule has 0 unspecified atom stereocenters. The standard InChI is InChI=1S/C16H12O7.Na/c1-22-11-5-8(17)6-12-13(11)14(20)15(21)16(23-12)7-2-3-9(18)10(19)4-7;/h2-6,17-19,21H,1H3;/q;+1. The van der Waals surface area contributed by atoms with Crippen LogP contribution >= 0.6 is 0 Å². The third kappa shape index (κ3) is 2.89. The number of aromatic hydroxyl groups is 4. The topological polar surface area (TPSA) is 120 Å². The Morgan fingerprint density at radius 3 is 2.33 bits per heavy atom. The Morgan fingerprint density at radius 2 is 1.71 bits per heavy atom. The molecule has 0 aliphatic carbocycles. The molecule has 0 saturated carbocycles. The van der Waals surface area contributed by atoms with Crippen LogP contribution in [0.25, 0.3) is 22.3 Å². The first-order valence-electron chi connectivity index (χ1n) is 6.51. The Hall–Kier alpha value is -2.35. The molecule has 3 aromatic rings. The van der Waals surface area contributed by atoms with Crippen LogP contribution in [0.5, 0.6) is 28.7 Å². The first kappa shape index (κ1) is 18.0. The molecular weight excluding hydrogens is 327 g/mol. The summed E-state index contributed by atoms with van der Waals surface area (Å²) in [7, 11) is 1.32. The van der Waals surface area contributed by atoms with E-state index in [1.54, 1.807) is 0 Å². The van der Waals surface area contributed by atoms with E-state index in [0.29, 0.717) is 0 Å². The maximum Gasteiger partial charge on any atom is 1.00 e. The van der Waals surface area contributed by atoms with Crippen molar-refractivity contribution in [2.45, 2.75) is 0 Å². The summed E-state index contributed by atoms with van der Waals surface area (Å²) in [5.74, 6) is -1.78. The molecule has 0 amide bonds. The number of rotatable bonds is 2. The Balaban J connectivity index is 0.00000208. The Labute approximate surface area is 157 Å². The number of hydrogen-bond acceptors (Lipinski definition) is 7. The van der Waals surface area contributed by atoms with Crippen LogP contribution in [0.3, 0.4) is 0 Å². The maximum atomic E-state index is 12.4. The van der Waals surface area contributed by atoms with E-state index in [9.17, 15) is 25.2 Å². The molecule has 0 bridgehead atoms. The zero-order chi connectivity index (χ0) is 16.7. The second-order valence-electron chi connectivity index (χ2n) is 4.83. The van der Waals surface area contributed by atoms with Crippen LogP contribution < -0.4 is 39.7 Å². The van der Waals surface area contributed by atoms with Crippen LogP contribution in [-0.2, 0) is 0 Å². The first-order valence-corrected chi connectivity index (χ1v) is 6.51. The molecule has 0 radical (unpaired) electrons. The van der Waals surface area contributed by atoms with Crippen molar-refractivity contribution in [1.29, 1.82) is 0 Å². The molecule has 0 saturated heterocycles. The van der Waals surface area contributed by atoms with Crippen molar-refractivity contribution in [1.82, 2.24) is 0 Å². The van der Waals surface area contributed by atoms with Crippen molar-refractivity contribution < 1.29 is 59.1 Å². The molecule has 4 N–H and O–H groups in total. The summed E-state index contributed by atoms with van der Waals surface area (Å²) in [5, 5.41) is 38.7. The van der Waals surface area contributed by atoms with E-state index in [0.717, 1.165) is 6.07 Å². The number of fused-ring (bicyclic) bond motifs is 1. The fourth-order valence-electron chi connectivity index (χ4n) is 2.28. The van der Waals surface area contributed by atoms with Gasteiger partial charge in [0, 0.05) is 17.7 Å². The molecule has 0 fully saturated rings. The minimum Gasteiger partial charge on any atom is -0.508 e. The summed E-state index contributed by atoms with van der Waals surface area (Å²) in [5.41, 5.74) is -0.558. The summed E-state index contributed by atoms with van der Waals surface area (Å²) in [6.45, 7) is 0. The Bertz CT molecular complexity index is 978. The average Bonchev–Trinajstić information content (AvgIpc) is 2.52. The van der Waals surface area contributed by atoms with Crippen molar-refractivity contribution in [3.05, 3.63) is 40.6 Å². The molecule has 118 valence electrons. The van der Waals surface area contributed by atoms with E-state index in [1.807, 2.05) is 0 Å². The monoisotopic (exact) mass is 339 g/mol. The molecule has 2 aromatic carbocycles. The number of phenols is 3. The van der Waals surface area contributed by atoms with Gasteiger partial charge in [-0.1, -0.05) is 0 Å². The van der Waals surface area contributed by atoms with Gasteiger partial charge in [0.1, 0.15) is 22.5 Å². The summed E-state index contributed by atoms with van der Waals surface area (Å²) in [4.78, 5) is 12.4. The second kappa shape index (κ2) is 6.64. The number of benzene rings is 2. The van der Waals surface area contributed by atoms with Gasteiger partial charge in [0.15, 0.2) is 17.3 Å². The van der Waals surface area contributed by atoms with Crippen LogP contribution in [0, 0.1) is 0 Å². The van der Waals surface area contributed by atoms with Crippen molar-refractivity contribution in [3.63, 3.8) is 0 Å². The Morgan fingerprint density at radius 1 is 1.00 bits per heavy atom. The quantitative estimate of drug-likeness (QED) is 0.360. The number of hydrogen-bond donors (Lipinski definition) is 4. The van der Waals surface area contributed by atoms with E-state index in [2.05, 4.69) is 0 Å². The van der Waals surface area contributed by atoms with Crippen LogP contribution in [-0.4, -0.2) is 27.5 Å². The van der Waals surface area contributed by atoms with Crippen molar-refractivity contribution in [3.8, 4) is 40.1 Å². The van der Waals surface area contributed by atoms with E-state index in [1.165, 1.54) is 31.4 Å². The van der Waals surface area contributed by atoms with Gasteiger partial charge in [0.2, 0.25) is 11.2 Å². The van der Waals surface area contributed by atoms with E-state index >= 15 is 0 Å². The van der Waals surface area contributed by atoms with Gasteiger partial charge in [-0.25, -0.2) is 0 Å². The minimum absolute atomic E-state index is 0. The molecule has 0 aliphatic rings. The number of ether oxygens (including phenoxy) is 1. The van der Waals surface area contributed by atoms with Crippen LogP contribution in [0.2, 0.25) is 0 Å². The third-order valence-electron chi connectivity index (χ3n) is 3.38. The van der Waals surface area contributed by atoms with Crippen molar-refractivity contribution in [2.75, 3.05) is 7.11 Å². The van der Waals surface area contributed by atoms with Gasteiger partial charge in [0.05, 0.1) is 7.11 Å². The predicted octanol–water partition coefficient (Wildman–Crippen LogP) is -0.705. The zero-order valence-corrected chi connectivity index (χ0v) is 14.9.